The predicted molar refractivity (Wildman–Crippen MR) is 79.2 cm³/mol. The van der Waals surface area contributed by atoms with Crippen molar-refractivity contribution in [3.05, 3.63) is 24.3 Å². The molecule has 1 atom stereocenters. The van der Waals surface area contributed by atoms with Gasteiger partial charge in [-0.15, -0.1) is 24.2 Å². The molecule has 0 fully saturated rings. The van der Waals surface area contributed by atoms with Gasteiger partial charge >= 0.3 is 0 Å². The van der Waals surface area contributed by atoms with E-state index < -0.39 is 10.0 Å². The van der Waals surface area contributed by atoms with Gasteiger partial charge in [0.25, 0.3) is 0 Å². The number of benzene rings is 1. The van der Waals surface area contributed by atoms with E-state index in [0.29, 0.717) is 11.4 Å². The van der Waals surface area contributed by atoms with Gasteiger partial charge in [-0.2, -0.15) is 0 Å². The molecule has 0 aromatic heterocycles. The molecular formula is C11H19ClN2O2S2. The van der Waals surface area contributed by atoms with Gasteiger partial charge in [0, 0.05) is 17.5 Å². The standard InChI is InChI=1S/C11H18N2O2S2.ClH/c1-9(12-2)8-13-17(14,15)11-7-5-4-6-10(11)16-3;/h4-7,9,12-13H,8H2,1-3H3;1H. The molecule has 1 unspecified atom stereocenters. The lowest BCUT2D eigenvalue weighted by atomic mass is 10.4. The summed E-state index contributed by atoms with van der Waals surface area (Å²) in [5.74, 6) is 0. The lowest BCUT2D eigenvalue weighted by molar-refractivity contribution is 0.553. The fourth-order valence-electron chi connectivity index (χ4n) is 1.26. The Morgan fingerprint density at radius 3 is 2.50 bits per heavy atom. The zero-order valence-corrected chi connectivity index (χ0v) is 13.1. The van der Waals surface area contributed by atoms with Crippen LogP contribution in [0.4, 0.5) is 0 Å². The van der Waals surface area contributed by atoms with Crippen LogP contribution in [0.2, 0.25) is 0 Å². The third-order valence-electron chi connectivity index (χ3n) is 2.43. The molecule has 0 aliphatic carbocycles. The maximum absolute atomic E-state index is 12.1. The molecule has 0 heterocycles. The van der Waals surface area contributed by atoms with Gasteiger partial charge in [0.2, 0.25) is 10.0 Å². The van der Waals surface area contributed by atoms with E-state index >= 15 is 0 Å². The molecule has 104 valence electrons. The first kappa shape index (κ1) is 17.7. The SMILES string of the molecule is CNC(C)CNS(=O)(=O)c1ccccc1SC.Cl. The van der Waals surface area contributed by atoms with Gasteiger partial charge in [0.15, 0.2) is 0 Å². The molecule has 1 rings (SSSR count). The minimum absolute atomic E-state index is 0. The van der Waals surface area contributed by atoms with Gasteiger partial charge < -0.3 is 5.32 Å². The first-order valence-corrected chi connectivity index (χ1v) is 8.02. The van der Waals surface area contributed by atoms with E-state index in [0.717, 1.165) is 4.90 Å². The summed E-state index contributed by atoms with van der Waals surface area (Å²) in [6.07, 6.45) is 1.87. The molecule has 0 aliphatic heterocycles. The van der Waals surface area contributed by atoms with Crippen molar-refractivity contribution in [2.45, 2.75) is 22.8 Å². The zero-order chi connectivity index (χ0) is 12.9. The van der Waals surface area contributed by atoms with E-state index in [1.807, 2.05) is 19.2 Å². The molecule has 0 saturated carbocycles. The van der Waals surface area contributed by atoms with Crippen LogP contribution in [0.3, 0.4) is 0 Å². The molecule has 2 N–H and O–H groups in total. The quantitative estimate of drug-likeness (QED) is 0.786. The van der Waals surface area contributed by atoms with Gasteiger partial charge in [-0.05, 0) is 32.4 Å². The van der Waals surface area contributed by atoms with E-state index in [2.05, 4.69) is 10.0 Å². The highest BCUT2D eigenvalue weighted by atomic mass is 35.5. The van der Waals surface area contributed by atoms with Crippen LogP contribution in [0.25, 0.3) is 0 Å². The normalized spacial score (nSPS) is 12.8. The number of halogens is 1. The molecule has 0 spiro atoms. The summed E-state index contributed by atoms with van der Waals surface area (Å²) in [4.78, 5) is 1.10. The molecule has 0 amide bonds. The van der Waals surface area contributed by atoms with E-state index in [1.165, 1.54) is 11.8 Å². The number of rotatable bonds is 6. The van der Waals surface area contributed by atoms with Crippen molar-refractivity contribution >= 4 is 34.2 Å². The van der Waals surface area contributed by atoms with Crippen molar-refractivity contribution in [2.24, 2.45) is 0 Å². The third-order valence-corrected chi connectivity index (χ3v) is 4.84. The van der Waals surface area contributed by atoms with Crippen molar-refractivity contribution in [3.63, 3.8) is 0 Å². The molecular weight excluding hydrogens is 292 g/mol. The minimum Gasteiger partial charge on any atom is -0.316 e. The van der Waals surface area contributed by atoms with Crippen LogP contribution in [0.5, 0.6) is 0 Å². The molecule has 0 saturated heterocycles. The Morgan fingerprint density at radius 1 is 1.33 bits per heavy atom. The van der Waals surface area contributed by atoms with Gasteiger partial charge in [-0.3, -0.25) is 0 Å². The molecule has 7 heteroatoms. The average Bonchev–Trinajstić information content (AvgIpc) is 2.35. The number of hydrogen-bond donors (Lipinski definition) is 2. The van der Waals surface area contributed by atoms with Gasteiger partial charge in [0.1, 0.15) is 0 Å². The monoisotopic (exact) mass is 310 g/mol. The summed E-state index contributed by atoms with van der Waals surface area (Å²) in [6, 6.07) is 7.10. The van der Waals surface area contributed by atoms with Crippen LogP contribution in [0, 0.1) is 0 Å². The molecule has 18 heavy (non-hydrogen) atoms. The number of thioether (sulfide) groups is 1. The molecule has 0 radical (unpaired) electrons. The number of likely N-dealkylation sites (N-methyl/N-ethyl adjacent to an activating group) is 1. The Hall–Kier alpha value is -0.270. The molecule has 0 aliphatic rings. The summed E-state index contributed by atoms with van der Waals surface area (Å²) >= 11 is 1.43. The van der Waals surface area contributed by atoms with Crippen molar-refractivity contribution in [1.29, 1.82) is 0 Å². The maximum atomic E-state index is 12.1. The second kappa shape index (κ2) is 8.01. The largest absolute Gasteiger partial charge is 0.316 e. The Balaban J connectivity index is 0.00000289. The Kier molecular flexibility index (Phi) is 7.89. The maximum Gasteiger partial charge on any atom is 0.241 e. The smallest absolute Gasteiger partial charge is 0.241 e. The minimum atomic E-state index is -3.42. The first-order valence-electron chi connectivity index (χ1n) is 5.31. The van der Waals surface area contributed by atoms with Gasteiger partial charge in [-0.1, -0.05) is 12.1 Å². The van der Waals surface area contributed by atoms with E-state index in [9.17, 15) is 8.42 Å². The van der Waals surface area contributed by atoms with Crippen molar-refractivity contribution < 1.29 is 8.42 Å². The number of sulfonamides is 1. The lowest BCUT2D eigenvalue weighted by Gasteiger charge is -2.13. The molecule has 0 bridgehead atoms. The molecule has 1 aromatic carbocycles. The van der Waals surface area contributed by atoms with E-state index in [4.69, 9.17) is 0 Å². The van der Waals surface area contributed by atoms with Crippen LogP contribution in [-0.4, -0.2) is 34.3 Å². The Labute approximate surface area is 119 Å². The topological polar surface area (TPSA) is 58.2 Å². The first-order chi connectivity index (χ1) is 8.01. The average molecular weight is 311 g/mol. The molecule has 1 aromatic rings. The summed E-state index contributed by atoms with van der Waals surface area (Å²) in [7, 11) is -1.62. The summed E-state index contributed by atoms with van der Waals surface area (Å²) in [6.45, 7) is 2.30. The van der Waals surface area contributed by atoms with Crippen LogP contribution >= 0.6 is 24.2 Å². The van der Waals surface area contributed by atoms with Crippen molar-refractivity contribution in [1.82, 2.24) is 10.0 Å². The summed E-state index contributed by atoms with van der Waals surface area (Å²) in [5.41, 5.74) is 0. The van der Waals surface area contributed by atoms with Crippen molar-refractivity contribution in [3.8, 4) is 0 Å². The highest BCUT2D eigenvalue weighted by Crippen LogP contribution is 2.23. The third kappa shape index (κ3) is 4.78. The Bertz CT molecular complexity index is 466. The summed E-state index contributed by atoms with van der Waals surface area (Å²) < 4.78 is 26.8. The van der Waals surface area contributed by atoms with Gasteiger partial charge in [-0.25, -0.2) is 13.1 Å². The highest BCUT2D eigenvalue weighted by Gasteiger charge is 2.17. The van der Waals surface area contributed by atoms with Crippen LogP contribution in [-0.2, 0) is 10.0 Å². The van der Waals surface area contributed by atoms with Gasteiger partial charge in [0.05, 0.1) is 4.90 Å². The fraction of sp³-hybridized carbons (Fsp3) is 0.455. The number of nitrogens with one attached hydrogen (secondary N) is 2. The van der Waals surface area contributed by atoms with Crippen LogP contribution < -0.4 is 10.0 Å². The molecule has 4 nitrogen and oxygen atoms in total. The second-order valence-electron chi connectivity index (χ2n) is 3.69. The van der Waals surface area contributed by atoms with Crippen LogP contribution in [0.15, 0.2) is 34.1 Å². The van der Waals surface area contributed by atoms with E-state index in [1.54, 1.807) is 25.2 Å². The zero-order valence-electron chi connectivity index (χ0n) is 10.6. The lowest BCUT2D eigenvalue weighted by Crippen LogP contribution is -2.37. The Morgan fingerprint density at radius 2 is 1.94 bits per heavy atom. The van der Waals surface area contributed by atoms with Crippen molar-refractivity contribution in [2.75, 3.05) is 19.8 Å². The fourth-order valence-corrected chi connectivity index (χ4v) is 3.53. The summed E-state index contributed by atoms with van der Waals surface area (Å²) in [5, 5.41) is 2.99. The van der Waals surface area contributed by atoms with Crippen LogP contribution in [0.1, 0.15) is 6.92 Å². The number of hydrogen-bond acceptors (Lipinski definition) is 4. The predicted octanol–water partition coefficient (Wildman–Crippen LogP) is 1.72. The van der Waals surface area contributed by atoms with E-state index in [-0.39, 0.29) is 18.4 Å². The second-order valence-corrected chi connectivity index (χ2v) is 6.28. The highest BCUT2D eigenvalue weighted by molar-refractivity contribution is 7.99.